The van der Waals surface area contributed by atoms with Gasteiger partial charge in [0.25, 0.3) is 17.5 Å². The van der Waals surface area contributed by atoms with Gasteiger partial charge in [0.2, 0.25) is 0 Å². The van der Waals surface area contributed by atoms with E-state index in [2.05, 4.69) is 10.2 Å². The van der Waals surface area contributed by atoms with Crippen LogP contribution in [0, 0.1) is 10.1 Å². The standard InChI is InChI=1S/C20H12N4O6/c25-17-7-5-11(23-19(27)13-3-1-2-4-14(13)20(23)28)9-15(17)21-22-16-10-12(24(29)30)6-8-18(16)26/h1-10,25-26H. The Morgan fingerprint density at radius 1 is 0.800 bits per heavy atom. The van der Waals surface area contributed by atoms with Gasteiger partial charge >= 0.3 is 0 Å². The topological polar surface area (TPSA) is 146 Å². The van der Waals surface area contributed by atoms with Gasteiger partial charge in [0.1, 0.15) is 22.9 Å². The van der Waals surface area contributed by atoms with E-state index in [1.165, 1.54) is 18.2 Å². The van der Waals surface area contributed by atoms with E-state index in [0.29, 0.717) is 0 Å². The number of hydrogen-bond acceptors (Lipinski definition) is 8. The van der Waals surface area contributed by atoms with Gasteiger partial charge in [0.15, 0.2) is 0 Å². The van der Waals surface area contributed by atoms with Crippen LogP contribution in [0.2, 0.25) is 0 Å². The SMILES string of the molecule is O=C1c2ccccc2C(=O)N1c1ccc(O)c(N=Nc2cc([N+](=O)[O-])ccc2O)c1. The number of non-ortho nitro benzene ring substituents is 1. The quantitative estimate of drug-likeness (QED) is 0.288. The Morgan fingerprint density at radius 3 is 1.90 bits per heavy atom. The van der Waals surface area contributed by atoms with Crippen LogP contribution in [0.4, 0.5) is 22.7 Å². The number of phenolic OH excluding ortho intramolecular Hbond substituents is 2. The number of hydrogen-bond donors (Lipinski definition) is 2. The van der Waals surface area contributed by atoms with Crippen molar-refractivity contribution in [1.29, 1.82) is 0 Å². The molecule has 1 aliphatic heterocycles. The molecule has 3 aromatic carbocycles. The Balaban J connectivity index is 1.70. The zero-order valence-corrected chi connectivity index (χ0v) is 15.1. The highest BCUT2D eigenvalue weighted by Gasteiger charge is 2.36. The van der Waals surface area contributed by atoms with E-state index in [1.54, 1.807) is 24.3 Å². The van der Waals surface area contributed by atoms with Gasteiger partial charge in [-0.2, -0.15) is 0 Å². The summed E-state index contributed by atoms with van der Waals surface area (Å²) in [5, 5.41) is 38.3. The van der Waals surface area contributed by atoms with E-state index < -0.39 is 16.7 Å². The van der Waals surface area contributed by atoms with Crippen molar-refractivity contribution in [1.82, 2.24) is 0 Å². The maximum atomic E-state index is 12.6. The third-order valence-electron chi connectivity index (χ3n) is 4.45. The van der Waals surface area contributed by atoms with E-state index in [-0.39, 0.29) is 45.4 Å². The molecule has 0 fully saturated rings. The third-order valence-corrected chi connectivity index (χ3v) is 4.45. The van der Waals surface area contributed by atoms with Crippen LogP contribution in [-0.4, -0.2) is 27.0 Å². The first kappa shape index (κ1) is 18.7. The molecule has 1 heterocycles. The van der Waals surface area contributed by atoms with Gasteiger partial charge in [0.05, 0.1) is 21.7 Å². The number of azo groups is 1. The maximum Gasteiger partial charge on any atom is 0.271 e. The van der Waals surface area contributed by atoms with Gasteiger partial charge in [-0.25, -0.2) is 4.90 Å². The number of carbonyl (C=O) groups is 2. The minimum atomic E-state index is -0.654. The van der Waals surface area contributed by atoms with Gasteiger partial charge in [-0.1, -0.05) is 12.1 Å². The Hall–Kier alpha value is -4.60. The molecule has 0 atom stereocenters. The first-order valence-corrected chi connectivity index (χ1v) is 8.57. The number of carbonyl (C=O) groups excluding carboxylic acids is 2. The number of nitrogens with zero attached hydrogens (tertiary/aromatic N) is 4. The molecule has 0 spiro atoms. The number of anilines is 1. The zero-order valence-electron chi connectivity index (χ0n) is 15.1. The lowest BCUT2D eigenvalue weighted by atomic mass is 10.1. The fourth-order valence-corrected chi connectivity index (χ4v) is 2.97. The highest BCUT2D eigenvalue weighted by atomic mass is 16.6. The molecule has 0 aromatic heterocycles. The predicted octanol–water partition coefficient (Wildman–Crippen LogP) is 4.22. The van der Waals surface area contributed by atoms with Crippen molar-refractivity contribution in [2.45, 2.75) is 0 Å². The molecular weight excluding hydrogens is 392 g/mol. The molecule has 30 heavy (non-hydrogen) atoms. The summed E-state index contributed by atoms with van der Waals surface area (Å²) in [4.78, 5) is 36.4. The van der Waals surface area contributed by atoms with Crippen molar-refractivity contribution in [2.75, 3.05) is 4.90 Å². The number of amides is 2. The molecule has 0 unspecified atom stereocenters. The number of fused-ring (bicyclic) bond motifs is 1. The molecule has 0 aliphatic carbocycles. The molecule has 10 heteroatoms. The van der Waals surface area contributed by atoms with Crippen molar-refractivity contribution in [3.63, 3.8) is 0 Å². The van der Waals surface area contributed by atoms with E-state index in [0.717, 1.165) is 23.1 Å². The first-order chi connectivity index (χ1) is 14.4. The third kappa shape index (κ3) is 3.11. The summed E-state index contributed by atoms with van der Waals surface area (Å²) in [5.74, 6) is -1.68. The van der Waals surface area contributed by atoms with Crippen LogP contribution in [0.5, 0.6) is 11.5 Å². The van der Waals surface area contributed by atoms with Crippen molar-refractivity contribution in [3.8, 4) is 11.5 Å². The van der Waals surface area contributed by atoms with E-state index in [4.69, 9.17) is 0 Å². The number of nitro benzene ring substituents is 1. The Bertz CT molecular complexity index is 1220. The fourth-order valence-electron chi connectivity index (χ4n) is 2.97. The molecule has 0 saturated heterocycles. The Labute approximate surface area is 168 Å². The van der Waals surface area contributed by atoms with Gasteiger partial charge in [0, 0.05) is 12.1 Å². The molecule has 0 saturated carbocycles. The molecular formula is C20H12N4O6. The number of imide groups is 1. The minimum Gasteiger partial charge on any atom is -0.506 e. The summed E-state index contributed by atoms with van der Waals surface area (Å²) in [6.07, 6.45) is 0. The highest BCUT2D eigenvalue weighted by Crippen LogP contribution is 2.37. The molecule has 10 nitrogen and oxygen atoms in total. The summed E-state index contributed by atoms with van der Waals surface area (Å²) in [5.41, 5.74) is 0.104. The van der Waals surface area contributed by atoms with Gasteiger partial charge in [-0.15, -0.1) is 10.2 Å². The van der Waals surface area contributed by atoms with Crippen LogP contribution in [0.1, 0.15) is 20.7 Å². The van der Waals surface area contributed by atoms with Gasteiger partial charge in [-0.3, -0.25) is 19.7 Å². The number of aromatic hydroxyl groups is 2. The van der Waals surface area contributed by atoms with E-state index in [1.807, 2.05) is 0 Å². The summed E-state index contributed by atoms with van der Waals surface area (Å²) in [6, 6.07) is 13.5. The monoisotopic (exact) mass is 404 g/mol. The average molecular weight is 404 g/mol. The van der Waals surface area contributed by atoms with E-state index in [9.17, 15) is 29.9 Å². The highest BCUT2D eigenvalue weighted by molar-refractivity contribution is 6.34. The fraction of sp³-hybridized carbons (Fsp3) is 0. The molecule has 2 N–H and O–H groups in total. The lowest BCUT2D eigenvalue weighted by molar-refractivity contribution is -0.384. The van der Waals surface area contributed by atoms with Gasteiger partial charge in [-0.05, 0) is 36.4 Å². The zero-order chi connectivity index (χ0) is 21.4. The molecule has 148 valence electrons. The van der Waals surface area contributed by atoms with Crippen molar-refractivity contribution in [3.05, 3.63) is 81.9 Å². The normalized spacial score (nSPS) is 13.1. The molecule has 2 amide bonds. The van der Waals surface area contributed by atoms with Gasteiger partial charge < -0.3 is 10.2 Å². The number of nitro groups is 1. The van der Waals surface area contributed by atoms with Crippen LogP contribution in [0.3, 0.4) is 0 Å². The lowest BCUT2D eigenvalue weighted by Gasteiger charge is -2.14. The molecule has 0 radical (unpaired) electrons. The molecule has 1 aliphatic rings. The smallest absolute Gasteiger partial charge is 0.271 e. The number of rotatable bonds is 4. The molecule has 0 bridgehead atoms. The summed E-state index contributed by atoms with van der Waals surface area (Å²) in [7, 11) is 0. The summed E-state index contributed by atoms with van der Waals surface area (Å²) < 4.78 is 0. The summed E-state index contributed by atoms with van der Waals surface area (Å²) >= 11 is 0. The van der Waals surface area contributed by atoms with Crippen molar-refractivity contribution < 1.29 is 24.7 Å². The Kier molecular flexibility index (Phi) is 4.43. The largest absolute Gasteiger partial charge is 0.506 e. The maximum absolute atomic E-state index is 12.6. The summed E-state index contributed by atoms with van der Waals surface area (Å²) in [6.45, 7) is 0. The predicted molar refractivity (Wildman–Crippen MR) is 105 cm³/mol. The molecule has 3 aromatic rings. The average Bonchev–Trinajstić information content (AvgIpc) is 2.99. The van der Waals surface area contributed by atoms with Crippen LogP contribution < -0.4 is 4.90 Å². The van der Waals surface area contributed by atoms with Crippen molar-refractivity contribution in [2.24, 2.45) is 10.2 Å². The Morgan fingerprint density at radius 2 is 1.33 bits per heavy atom. The van der Waals surface area contributed by atoms with Crippen LogP contribution in [0.15, 0.2) is 70.9 Å². The lowest BCUT2D eigenvalue weighted by Crippen LogP contribution is -2.29. The number of benzene rings is 3. The molecule has 4 rings (SSSR count). The second-order valence-electron chi connectivity index (χ2n) is 6.29. The van der Waals surface area contributed by atoms with Crippen molar-refractivity contribution >= 4 is 34.6 Å². The van der Waals surface area contributed by atoms with Crippen LogP contribution in [0.25, 0.3) is 0 Å². The number of phenols is 2. The first-order valence-electron chi connectivity index (χ1n) is 8.57. The minimum absolute atomic E-state index is 0.102. The van der Waals surface area contributed by atoms with Crippen LogP contribution in [-0.2, 0) is 0 Å². The van der Waals surface area contributed by atoms with Crippen LogP contribution >= 0.6 is 0 Å². The second kappa shape index (κ2) is 7.09. The second-order valence-corrected chi connectivity index (χ2v) is 6.29. The van der Waals surface area contributed by atoms with E-state index >= 15 is 0 Å².